The molecule has 0 saturated heterocycles. The average Bonchev–Trinajstić information content (AvgIpc) is 2.57. The summed E-state index contributed by atoms with van der Waals surface area (Å²) in [7, 11) is 0. The zero-order chi connectivity index (χ0) is 10.4. The molecule has 0 spiro atoms. The molecule has 0 saturated carbocycles. The fourth-order valence-electron chi connectivity index (χ4n) is 2.15. The second-order valence-corrected chi connectivity index (χ2v) is 4.31. The number of hydrogen-bond donors (Lipinski definition) is 0. The van der Waals surface area contributed by atoms with Gasteiger partial charge in [-0.3, -0.25) is 4.98 Å². The number of nitrogens with zero attached hydrogens (tertiary/aromatic N) is 1. The molecule has 0 aliphatic heterocycles. The van der Waals surface area contributed by atoms with Crippen LogP contribution in [-0.2, 0) is 6.42 Å². The highest BCUT2D eigenvalue weighted by Crippen LogP contribution is 2.38. The minimum Gasteiger partial charge on any atom is -0.253 e. The quantitative estimate of drug-likeness (QED) is 0.558. The molecular weight excluding hydrogens is 206 g/mol. The van der Waals surface area contributed by atoms with E-state index < -0.39 is 0 Å². The van der Waals surface area contributed by atoms with Gasteiger partial charge >= 0.3 is 0 Å². The monoisotopic (exact) mass is 215 g/mol. The molecule has 0 radical (unpaired) electrons. The summed E-state index contributed by atoms with van der Waals surface area (Å²) in [6.07, 6.45) is 0.914. The van der Waals surface area contributed by atoms with Crippen LogP contribution in [-0.4, -0.2) is 4.98 Å². The first-order chi connectivity index (χ1) is 7.25. The van der Waals surface area contributed by atoms with Crippen molar-refractivity contribution in [2.45, 2.75) is 13.3 Å². The third-order valence-electron chi connectivity index (χ3n) is 2.84. The van der Waals surface area contributed by atoms with E-state index in [1.807, 2.05) is 19.1 Å². The summed E-state index contributed by atoms with van der Waals surface area (Å²) in [5.74, 6) is 0. The Bertz CT molecular complexity index is 546. The van der Waals surface area contributed by atoms with Gasteiger partial charge in [0.2, 0.25) is 0 Å². The summed E-state index contributed by atoms with van der Waals surface area (Å²) in [5, 5.41) is 0.841. The Kier molecular flexibility index (Phi) is 1.83. The van der Waals surface area contributed by atoms with Crippen LogP contribution in [0.15, 0.2) is 30.3 Å². The van der Waals surface area contributed by atoms with Gasteiger partial charge in [-0.15, -0.1) is 0 Å². The van der Waals surface area contributed by atoms with Crippen LogP contribution in [0.25, 0.3) is 11.3 Å². The zero-order valence-electron chi connectivity index (χ0n) is 8.42. The van der Waals surface area contributed by atoms with Crippen molar-refractivity contribution in [3.8, 4) is 11.3 Å². The Morgan fingerprint density at radius 1 is 1.27 bits per heavy atom. The molecule has 2 heteroatoms. The van der Waals surface area contributed by atoms with Gasteiger partial charge in [0.15, 0.2) is 0 Å². The number of aryl methyl sites for hydroxylation is 1. The predicted molar refractivity (Wildman–Crippen MR) is 62.2 cm³/mol. The molecule has 15 heavy (non-hydrogen) atoms. The van der Waals surface area contributed by atoms with Gasteiger partial charge in [0.05, 0.1) is 5.69 Å². The van der Waals surface area contributed by atoms with Gasteiger partial charge in [0, 0.05) is 28.3 Å². The Labute approximate surface area is 93.7 Å². The summed E-state index contributed by atoms with van der Waals surface area (Å²) in [5.41, 5.74) is 5.78. The van der Waals surface area contributed by atoms with Crippen molar-refractivity contribution in [2.24, 2.45) is 0 Å². The number of fused-ring (bicyclic) bond motifs is 3. The highest BCUT2D eigenvalue weighted by Gasteiger charge is 2.21. The first-order valence-corrected chi connectivity index (χ1v) is 5.38. The first-order valence-electron chi connectivity index (χ1n) is 5.00. The van der Waals surface area contributed by atoms with Crippen molar-refractivity contribution in [1.29, 1.82) is 0 Å². The summed E-state index contributed by atoms with van der Waals surface area (Å²) < 4.78 is 0. The number of benzene rings is 1. The maximum absolute atomic E-state index is 6.23. The van der Waals surface area contributed by atoms with Crippen LogP contribution in [0.5, 0.6) is 0 Å². The lowest BCUT2D eigenvalue weighted by Gasteiger charge is -2.03. The van der Waals surface area contributed by atoms with Crippen LogP contribution in [0.1, 0.15) is 16.8 Å². The fraction of sp³-hybridized carbons (Fsp3) is 0.154. The molecule has 2 aromatic rings. The number of hydrogen-bond acceptors (Lipinski definition) is 1. The predicted octanol–water partition coefficient (Wildman–Crippen LogP) is 3.61. The molecular formula is C13H10ClN. The van der Waals surface area contributed by atoms with Crippen LogP contribution >= 0.6 is 11.6 Å². The van der Waals surface area contributed by atoms with E-state index in [4.69, 9.17) is 11.6 Å². The van der Waals surface area contributed by atoms with Crippen LogP contribution < -0.4 is 0 Å². The van der Waals surface area contributed by atoms with E-state index in [0.717, 1.165) is 22.8 Å². The highest BCUT2D eigenvalue weighted by molar-refractivity contribution is 6.32. The molecule has 0 N–H and O–H groups in total. The average molecular weight is 216 g/mol. The van der Waals surface area contributed by atoms with E-state index in [1.54, 1.807) is 0 Å². The smallest absolute Gasteiger partial charge is 0.0758 e. The van der Waals surface area contributed by atoms with Crippen LogP contribution in [0.4, 0.5) is 0 Å². The van der Waals surface area contributed by atoms with E-state index in [0.29, 0.717) is 0 Å². The molecule has 1 heterocycles. The molecule has 1 aromatic carbocycles. The second kappa shape index (κ2) is 3.07. The van der Waals surface area contributed by atoms with E-state index in [-0.39, 0.29) is 0 Å². The van der Waals surface area contributed by atoms with Gasteiger partial charge in [-0.25, -0.2) is 0 Å². The lowest BCUT2D eigenvalue weighted by Crippen LogP contribution is -1.89. The third-order valence-corrected chi connectivity index (χ3v) is 3.17. The van der Waals surface area contributed by atoms with Crippen molar-refractivity contribution in [2.75, 3.05) is 0 Å². The normalized spacial score (nSPS) is 12.4. The zero-order valence-corrected chi connectivity index (χ0v) is 9.17. The Hall–Kier alpha value is -1.34. The van der Waals surface area contributed by atoms with Crippen molar-refractivity contribution in [3.05, 3.63) is 52.2 Å². The number of rotatable bonds is 0. The third kappa shape index (κ3) is 1.27. The minimum absolute atomic E-state index is 0.841. The Balaban J connectivity index is 2.33. The molecule has 1 nitrogen and oxygen atoms in total. The molecule has 0 unspecified atom stereocenters. The molecule has 0 atom stereocenters. The van der Waals surface area contributed by atoms with E-state index in [9.17, 15) is 0 Å². The maximum atomic E-state index is 6.23. The number of pyridine rings is 1. The Morgan fingerprint density at radius 3 is 2.93 bits per heavy atom. The first kappa shape index (κ1) is 8.93. The van der Waals surface area contributed by atoms with Crippen LogP contribution in [0.3, 0.4) is 0 Å². The molecule has 1 aliphatic rings. The number of halogens is 1. The van der Waals surface area contributed by atoms with Gasteiger partial charge in [-0.1, -0.05) is 35.9 Å². The van der Waals surface area contributed by atoms with Crippen LogP contribution in [0, 0.1) is 6.92 Å². The standard InChI is InChI=1S/C13H10ClN/c1-8-6-12(14)11-7-9-4-2-3-5-10(9)13(11)15-8/h2-6H,7H2,1H3. The van der Waals surface area contributed by atoms with Gasteiger partial charge in [0.1, 0.15) is 0 Å². The highest BCUT2D eigenvalue weighted by atomic mass is 35.5. The number of aromatic nitrogens is 1. The van der Waals surface area contributed by atoms with Crippen LogP contribution in [0.2, 0.25) is 5.02 Å². The summed E-state index contributed by atoms with van der Waals surface area (Å²) in [4.78, 5) is 4.57. The second-order valence-electron chi connectivity index (χ2n) is 3.91. The summed E-state index contributed by atoms with van der Waals surface area (Å²) in [6, 6.07) is 10.3. The maximum Gasteiger partial charge on any atom is 0.0758 e. The lowest BCUT2D eigenvalue weighted by molar-refractivity contribution is 1.17. The molecule has 0 amide bonds. The SMILES string of the molecule is Cc1cc(Cl)c2c(n1)-c1ccccc1C2. The fourth-order valence-corrected chi connectivity index (χ4v) is 2.46. The van der Waals surface area contributed by atoms with Crippen molar-refractivity contribution >= 4 is 11.6 Å². The topological polar surface area (TPSA) is 12.9 Å². The molecule has 0 fully saturated rings. The van der Waals surface area contributed by atoms with E-state index >= 15 is 0 Å². The Morgan fingerprint density at radius 2 is 2.07 bits per heavy atom. The van der Waals surface area contributed by atoms with E-state index in [2.05, 4.69) is 23.2 Å². The van der Waals surface area contributed by atoms with Crippen molar-refractivity contribution < 1.29 is 0 Å². The molecule has 1 aliphatic carbocycles. The van der Waals surface area contributed by atoms with Crippen molar-refractivity contribution in [1.82, 2.24) is 4.98 Å². The molecule has 0 bridgehead atoms. The summed E-state index contributed by atoms with van der Waals surface area (Å²) >= 11 is 6.23. The van der Waals surface area contributed by atoms with Gasteiger partial charge < -0.3 is 0 Å². The molecule has 74 valence electrons. The van der Waals surface area contributed by atoms with E-state index in [1.165, 1.54) is 16.7 Å². The lowest BCUT2D eigenvalue weighted by atomic mass is 10.1. The van der Waals surface area contributed by atoms with Gasteiger partial charge in [0.25, 0.3) is 0 Å². The molecule has 3 rings (SSSR count). The summed E-state index contributed by atoms with van der Waals surface area (Å²) in [6.45, 7) is 1.98. The van der Waals surface area contributed by atoms with Crippen molar-refractivity contribution in [3.63, 3.8) is 0 Å². The largest absolute Gasteiger partial charge is 0.253 e. The van der Waals surface area contributed by atoms with Gasteiger partial charge in [-0.05, 0) is 18.6 Å². The minimum atomic E-state index is 0.841. The molecule has 1 aromatic heterocycles. The van der Waals surface area contributed by atoms with Gasteiger partial charge in [-0.2, -0.15) is 0 Å².